The molecule has 18 heavy (non-hydrogen) atoms. The van der Waals surface area contributed by atoms with Crippen molar-refractivity contribution in [2.75, 3.05) is 29.6 Å². The molecule has 0 aromatic carbocycles. The molecule has 0 aromatic rings. The second kappa shape index (κ2) is 6.34. The Hall–Kier alpha value is -0.140. The summed E-state index contributed by atoms with van der Waals surface area (Å²) >= 11 is 0. The van der Waals surface area contributed by atoms with Crippen molar-refractivity contribution in [2.24, 2.45) is 5.92 Å². The zero-order valence-electron chi connectivity index (χ0n) is 11.1. The molecule has 0 radical (unpaired) electrons. The van der Waals surface area contributed by atoms with Crippen LogP contribution in [0.4, 0.5) is 0 Å². The maximum absolute atomic E-state index is 11.7. The van der Waals surface area contributed by atoms with Crippen LogP contribution in [0.15, 0.2) is 0 Å². The minimum absolute atomic E-state index is 0.0752. The molecule has 5 nitrogen and oxygen atoms in total. The van der Waals surface area contributed by atoms with E-state index in [2.05, 4.69) is 5.32 Å². The molecule has 2 atom stereocenters. The highest BCUT2D eigenvalue weighted by atomic mass is 32.2. The first-order chi connectivity index (χ1) is 8.24. The van der Waals surface area contributed by atoms with Crippen LogP contribution in [0.25, 0.3) is 0 Å². The number of nitrogens with one attached hydrogen (secondary N) is 1. The Kier molecular flexibility index (Phi) is 5.61. The lowest BCUT2D eigenvalue weighted by Crippen LogP contribution is -2.34. The van der Waals surface area contributed by atoms with Crippen molar-refractivity contribution in [3.05, 3.63) is 0 Å². The second-order valence-corrected chi connectivity index (χ2v) is 9.64. The number of hydrogen-bond donors (Lipinski definition) is 1. The normalized spacial score (nSPS) is 25.1. The first-order valence-corrected chi connectivity index (χ1v) is 10.0. The van der Waals surface area contributed by atoms with Crippen molar-refractivity contribution in [1.82, 2.24) is 5.32 Å². The molecular formula is C11H23NO4S2. The molecule has 1 fully saturated rings. The minimum atomic E-state index is -3.03. The van der Waals surface area contributed by atoms with Crippen molar-refractivity contribution in [3.8, 4) is 0 Å². The zero-order valence-corrected chi connectivity index (χ0v) is 12.7. The quantitative estimate of drug-likeness (QED) is 0.727. The molecule has 1 saturated heterocycles. The van der Waals surface area contributed by atoms with Gasteiger partial charge in [-0.05, 0) is 12.3 Å². The predicted octanol–water partition coefficient (Wildman–Crippen LogP) is 0.224. The third kappa shape index (κ3) is 5.67. The molecule has 0 bridgehead atoms. The molecular weight excluding hydrogens is 274 g/mol. The first-order valence-electron chi connectivity index (χ1n) is 6.38. The number of sulfone groups is 2. The van der Waals surface area contributed by atoms with Gasteiger partial charge in [-0.2, -0.15) is 0 Å². The monoisotopic (exact) mass is 297 g/mol. The summed E-state index contributed by atoms with van der Waals surface area (Å²) in [4.78, 5) is 0. The fourth-order valence-electron chi connectivity index (χ4n) is 2.01. The molecule has 2 unspecified atom stereocenters. The van der Waals surface area contributed by atoms with Crippen LogP contribution in [0.2, 0.25) is 0 Å². The van der Waals surface area contributed by atoms with Crippen LogP contribution < -0.4 is 5.32 Å². The molecule has 7 heteroatoms. The third-order valence-electron chi connectivity index (χ3n) is 3.31. The van der Waals surface area contributed by atoms with E-state index >= 15 is 0 Å². The summed E-state index contributed by atoms with van der Waals surface area (Å²) < 4.78 is 45.9. The van der Waals surface area contributed by atoms with Gasteiger partial charge in [-0.25, -0.2) is 16.8 Å². The third-order valence-corrected chi connectivity index (χ3v) is 6.98. The summed E-state index contributed by atoms with van der Waals surface area (Å²) in [5.74, 6) is 0.840. The topological polar surface area (TPSA) is 80.3 Å². The van der Waals surface area contributed by atoms with Crippen LogP contribution in [0, 0.1) is 5.92 Å². The van der Waals surface area contributed by atoms with Crippen LogP contribution in [0.3, 0.4) is 0 Å². The van der Waals surface area contributed by atoms with Crippen molar-refractivity contribution in [2.45, 2.75) is 32.7 Å². The Balaban J connectivity index is 2.30. The highest BCUT2D eigenvalue weighted by molar-refractivity contribution is 7.91. The summed E-state index contributed by atoms with van der Waals surface area (Å²) in [7, 11) is -5.92. The van der Waals surface area contributed by atoms with Crippen LogP contribution in [-0.4, -0.2) is 52.4 Å². The van der Waals surface area contributed by atoms with E-state index in [0.717, 1.165) is 6.42 Å². The van der Waals surface area contributed by atoms with Gasteiger partial charge in [0.25, 0.3) is 0 Å². The van der Waals surface area contributed by atoms with Gasteiger partial charge in [0.2, 0.25) is 0 Å². The van der Waals surface area contributed by atoms with Gasteiger partial charge in [-0.1, -0.05) is 20.3 Å². The van der Waals surface area contributed by atoms with Crippen molar-refractivity contribution in [3.63, 3.8) is 0 Å². The lowest BCUT2D eigenvalue weighted by molar-refractivity contribution is 0.547. The van der Waals surface area contributed by atoms with Crippen LogP contribution in [0.1, 0.15) is 26.7 Å². The van der Waals surface area contributed by atoms with E-state index in [-0.39, 0.29) is 35.0 Å². The Labute approximate surface area is 110 Å². The van der Waals surface area contributed by atoms with Gasteiger partial charge in [0.1, 0.15) is 0 Å². The maximum atomic E-state index is 11.7. The summed E-state index contributed by atoms with van der Waals surface area (Å²) in [5.41, 5.74) is 0. The molecule has 0 saturated carbocycles. The Morgan fingerprint density at radius 1 is 1.39 bits per heavy atom. The molecule has 1 heterocycles. The standard InChI is InChI=1S/C11H23NO4S2/c1-3-10(2)8-18(15,16)7-5-12-11-4-6-17(13,14)9-11/h10-12H,3-9H2,1-2H3. The van der Waals surface area contributed by atoms with Crippen molar-refractivity contribution < 1.29 is 16.8 Å². The summed E-state index contributed by atoms with van der Waals surface area (Å²) in [5, 5.41) is 3.03. The molecule has 1 N–H and O–H groups in total. The number of rotatable bonds is 7. The van der Waals surface area contributed by atoms with E-state index in [1.165, 1.54) is 0 Å². The van der Waals surface area contributed by atoms with Gasteiger partial charge in [0.15, 0.2) is 19.7 Å². The average Bonchev–Trinajstić information content (AvgIpc) is 2.57. The fraction of sp³-hybridized carbons (Fsp3) is 1.00. The van der Waals surface area contributed by atoms with E-state index in [9.17, 15) is 16.8 Å². The number of hydrogen-bond acceptors (Lipinski definition) is 5. The molecule has 0 aromatic heterocycles. The lowest BCUT2D eigenvalue weighted by Gasteiger charge is -2.12. The van der Waals surface area contributed by atoms with Crippen LogP contribution >= 0.6 is 0 Å². The highest BCUT2D eigenvalue weighted by Gasteiger charge is 2.27. The van der Waals surface area contributed by atoms with E-state index < -0.39 is 19.7 Å². The molecule has 0 spiro atoms. The molecule has 108 valence electrons. The SMILES string of the molecule is CCC(C)CS(=O)(=O)CCNC1CCS(=O)(=O)C1. The first kappa shape index (κ1) is 15.9. The average molecular weight is 297 g/mol. The van der Waals surface area contributed by atoms with Crippen molar-refractivity contribution in [1.29, 1.82) is 0 Å². The molecule has 0 aliphatic carbocycles. The maximum Gasteiger partial charge on any atom is 0.151 e. The summed E-state index contributed by atoms with van der Waals surface area (Å²) in [6.07, 6.45) is 1.45. The van der Waals surface area contributed by atoms with E-state index in [1.807, 2.05) is 13.8 Å². The van der Waals surface area contributed by atoms with Crippen LogP contribution in [-0.2, 0) is 19.7 Å². The molecule has 1 aliphatic heterocycles. The van der Waals surface area contributed by atoms with Gasteiger partial charge in [-0.3, -0.25) is 0 Å². The Morgan fingerprint density at radius 3 is 2.56 bits per heavy atom. The minimum Gasteiger partial charge on any atom is -0.312 e. The molecule has 0 amide bonds. The second-order valence-electron chi connectivity index (χ2n) is 5.18. The van der Waals surface area contributed by atoms with Crippen molar-refractivity contribution >= 4 is 19.7 Å². The zero-order chi connectivity index (χ0) is 13.8. The van der Waals surface area contributed by atoms with Gasteiger partial charge >= 0.3 is 0 Å². The fourth-order valence-corrected chi connectivity index (χ4v) is 5.42. The summed E-state index contributed by atoms with van der Waals surface area (Å²) in [6, 6.07) is -0.0752. The van der Waals surface area contributed by atoms with Gasteiger partial charge in [0, 0.05) is 12.6 Å². The van der Waals surface area contributed by atoms with Gasteiger partial charge in [0.05, 0.1) is 23.0 Å². The van der Waals surface area contributed by atoms with Gasteiger partial charge in [-0.15, -0.1) is 0 Å². The predicted molar refractivity (Wildman–Crippen MR) is 73.2 cm³/mol. The molecule has 1 rings (SSSR count). The molecule has 1 aliphatic rings. The van der Waals surface area contributed by atoms with Crippen LogP contribution in [0.5, 0.6) is 0 Å². The Morgan fingerprint density at radius 2 is 2.06 bits per heavy atom. The van der Waals surface area contributed by atoms with E-state index in [4.69, 9.17) is 0 Å². The largest absolute Gasteiger partial charge is 0.312 e. The summed E-state index contributed by atoms with van der Waals surface area (Å²) in [6.45, 7) is 4.25. The highest BCUT2D eigenvalue weighted by Crippen LogP contribution is 2.11. The van der Waals surface area contributed by atoms with E-state index in [0.29, 0.717) is 13.0 Å². The van der Waals surface area contributed by atoms with Gasteiger partial charge < -0.3 is 5.32 Å². The van der Waals surface area contributed by atoms with E-state index in [1.54, 1.807) is 0 Å². The Bertz CT molecular complexity index is 455. The lowest BCUT2D eigenvalue weighted by atomic mass is 10.2. The smallest absolute Gasteiger partial charge is 0.151 e.